The monoisotopic (exact) mass is 246 g/mol. The van der Waals surface area contributed by atoms with E-state index in [4.69, 9.17) is 5.73 Å². The summed E-state index contributed by atoms with van der Waals surface area (Å²) < 4.78 is 0. The lowest BCUT2D eigenvalue weighted by molar-refractivity contribution is -0.129. The van der Waals surface area contributed by atoms with Gasteiger partial charge in [-0.15, -0.1) is 0 Å². The van der Waals surface area contributed by atoms with Gasteiger partial charge in [-0.3, -0.25) is 4.79 Å². The van der Waals surface area contributed by atoms with Gasteiger partial charge in [0.05, 0.1) is 6.04 Å². The Morgan fingerprint density at radius 2 is 2.00 bits per heavy atom. The summed E-state index contributed by atoms with van der Waals surface area (Å²) in [5.74, 6) is 0.196. The number of unbranched alkanes of at least 4 members (excludes halogenated alkanes) is 1. The highest BCUT2D eigenvalue weighted by Crippen LogP contribution is 2.32. The number of benzene rings is 1. The van der Waals surface area contributed by atoms with E-state index in [2.05, 4.69) is 38.1 Å². The van der Waals surface area contributed by atoms with E-state index in [1.54, 1.807) is 0 Å². The summed E-state index contributed by atoms with van der Waals surface area (Å²) in [7, 11) is 0. The minimum atomic E-state index is -0.0722. The fourth-order valence-corrected chi connectivity index (χ4v) is 2.60. The zero-order valence-corrected chi connectivity index (χ0v) is 11.2. The molecule has 98 valence electrons. The number of rotatable bonds is 4. The Labute approximate surface area is 109 Å². The average molecular weight is 246 g/mol. The van der Waals surface area contributed by atoms with Gasteiger partial charge in [0, 0.05) is 19.0 Å². The van der Waals surface area contributed by atoms with Crippen molar-refractivity contribution in [2.45, 2.75) is 45.2 Å². The Balaban J connectivity index is 2.22. The van der Waals surface area contributed by atoms with E-state index < -0.39 is 0 Å². The quantitative estimate of drug-likeness (QED) is 0.886. The average Bonchev–Trinajstić information content (AvgIpc) is 2.62. The largest absolute Gasteiger partial charge is 0.334 e. The van der Waals surface area contributed by atoms with Crippen LogP contribution in [0.3, 0.4) is 0 Å². The summed E-state index contributed by atoms with van der Waals surface area (Å²) in [6.07, 6.45) is 2.61. The van der Waals surface area contributed by atoms with Crippen LogP contribution in [0, 0.1) is 6.92 Å². The van der Waals surface area contributed by atoms with Gasteiger partial charge in [-0.05, 0) is 18.9 Å². The molecule has 0 saturated carbocycles. The number of nitrogens with two attached hydrogens (primary N) is 1. The summed E-state index contributed by atoms with van der Waals surface area (Å²) >= 11 is 0. The maximum atomic E-state index is 12.0. The molecule has 1 saturated heterocycles. The number of nitrogens with zero attached hydrogens (tertiary/aromatic N) is 1. The molecule has 2 rings (SSSR count). The molecule has 1 heterocycles. The van der Waals surface area contributed by atoms with Crippen LogP contribution in [0.5, 0.6) is 0 Å². The third-order valence-corrected chi connectivity index (χ3v) is 3.64. The van der Waals surface area contributed by atoms with Crippen molar-refractivity contribution in [2.75, 3.05) is 6.54 Å². The highest BCUT2D eigenvalue weighted by atomic mass is 16.2. The van der Waals surface area contributed by atoms with Crippen LogP contribution in [0.2, 0.25) is 0 Å². The van der Waals surface area contributed by atoms with Gasteiger partial charge in [0.25, 0.3) is 0 Å². The van der Waals surface area contributed by atoms with E-state index >= 15 is 0 Å². The topological polar surface area (TPSA) is 46.3 Å². The number of amides is 1. The van der Waals surface area contributed by atoms with Crippen LogP contribution in [0.4, 0.5) is 0 Å². The van der Waals surface area contributed by atoms with Crippen molar-refractivity contribution in [1.29, 1.82) is 0 Å². The summed E-state index contributed by atoms with van der Waals surface area (Å²) in [5, 5.41) is 0. The molecule has 0 radical (unpaired) electrons. The van der Waals surface area contributed by atoms with Gasteiger partial charge < -0.3 is 10.6 Å². The summed E-state index contributed by atoms with van der Waals surface area (Å²) in [5.41, 5.74) is 8.53. The van der Waals surface area contributed by atoms with Crippen molar-refractivity contribution in [1.82, 2.24) is 4.90 Å². The highest BCUT2D eigenvalue weighted by molar-refractivity contribution is 5.80. The Hall–Kier alpha value is -1.35. The van der Waals surface area contributed by atoms with Gasteiger partial charge in [-0.2, -0.15) is 0 Å². The molecule has 1 aromatic rings. The fourth-order valence-electron chi connectivity index (χ4n) is 2.60. The van der Waals surface area contributed by atoms with E-state index in [-0.39, 0.29) is 18.0 Å². The van der Waals surface area contributed by atoms with Crippen LogP contribution < -0.4 is 5.73 Å². The minimum absolute atomic E-state index is 0.0599. The van der Waals surface area contributed by atoms with Gasteiger partial charge in [0.15, 0.2) is 0 Å². The maximum Gasteiger partial charge on any atom is 0.224 e. The SMILES string of the molecule is CCCCN1C(=O)CC(N)C1c1ccc(C)cc1. The molecule has 0 spiro atoms. The molecule has 2 atom stereocenters. The second-order valence-corrected chi connectivity index (χ2v) is 5.16. The van der Waals surface area contributed by atoms with E-state index in [0.717, 1.165) is 24.9 Å². The molecule has 0 bridgehead atoms. The fraction of sp³-hybridized carbons (Fsp3) is 0.533. The smallest absolute Gasteiger partial charge is 0.224 e. The van der Waals surface area contributed by atoms with Crippen LogP contribution in [-0.4, -0.2) is 23.4 Å². The molecule has 1 aromatic carbocycles. The van der Waals surface area contributed by atoms with Crippen molar-refractivity contribution in [3.8, 4) is 0 Å². The van der Waals surface area contributed by atoms with Gasteiger partial charge in [0.2, 0.25) is 5.91 Å². The highest BCUT2D eigenvalue weighted by Gasteiger charge is 2.37. The molecule has 18 heavy (non-hydrogen) atoms. The van der Waals surface area contributed by atoms with Crippen molar-refractivity contribution in [3.05, 3.63) is 35.4 Å². The predicted molar refractivity (Wildman–Crippen MR) is 73.1 cm³/mol. The zero-order chi connectivity index (χ0) is 13.1. The van der Waals surface area contributed by atoms with Gasteiger partial charge >= 0.3 is 0 Å². The van der Waals surface area contributed by atoms with Gasteiger partial charge in [-0.25, -0.2) is 0 Å². The minimum Gasteiger partial charge on any atom is -0.334 e. The summed E-state index contributed by atoms with van der Waals surface area (Å²) in [6.45, 7) is 5.03. The van der Waals surface area contributed by atoms with Crippen LogP contribution >= 0.6 is 0 Å². The molecule has 2 N–H and O–H groups in total. The molecule has 2 unspecified atom stereocenters. The summed E-state index contributed by atoms with van der Waals surface area (Å²) in [6, 6.07) is 8.35. The first-order valence-corrected chi connectivity index (χ1v) is 6.75. The van der Waals surface area contributed by atoms with Crippen molar-refractivity contribution in [2.24, 2.45) is 5.73 Å². The van der Waals surface area contributed by atoms with Gasteiger partial charge in [0.1, 0.15) is 0 Å². The number of hydrogen-bond donors (Lipinski definition) is 1. The normalized spacial score (nSPS) is 23.7. The number of hydrogen-bond acceptors (Lipinski definition) is 2. The molecule has 3 nitrogen and oxygen atoms in total. The first-order chi connectivity index (χ1) is 8.63. The first-order valence-electron chi connectivity index (χ1n) is 6.75. The number of likely N-dealkylation sites (tertiary alicyclic amines) is 1. The van der Waals surface area contributed by atoms with Crippen molar-refractivity contribution >= 4 is 5.91 Å². The third-order valence-electron chi connectivity index (χ3n) is 3.64. The van der Waals surface area contributed by atoms with Crippen LogP contribution in [-0.2, 0) is 4.79 Å². The van der Waals surface area contributed by atoms with Crippen LogP contribution in [0.1, 0.15) is 43.4 Å². The first kappa shape index (κ1) is 13.1. The summed E-state index contributed by atoms with van der Waals surface area (Å²) in [4.78, 5) is 13.9. The molecule has 1 aliphatic heterocycles. The second-order valence-electron chi connectivity index (χ2n) is 5.16. The lowest BCUT2D eigenvalue weighted by atomic mass is 9.99. The molecule has 0 aliphatic carbocycles. The van der Waals surface area contributed by atoms with Gasteiger partial charge in [-0.1, -0.05) is 43.2 Å². The third kappa shape index (κ3) is 2.56. The molecular formula is C15H22N2O. The molecule has 1 fully saturated rings. The van der Waals surface area contributed by atoms with E-state index in [1.807, 2.05) is 4.90 Å². The van der Waals surface area contributed by atoms with E-state index in [9.17, 15) is 4.79 Å². The van der Waals surface area contributed by atoms with Crippen molar-refractivity contribution in [3.63, 3.8) is 0 Å². The number of carbonyl (C=O) groups is 1. The lowest BCUT2D eigenvalue weighted by Crippen LogP contribution is -2.33. The lowest BCUT2D eigenvalue weighted by Gasteiger charge is -2.27. The Kier molecular flexibility index (Phi) is 4.02. The molecular weight excluding hydrogens is 224 g/mol. The molecule has 3 heteroatoms. The maximum absolute atomic E-state index is 12.0. The number of aryl methyl sites for hydroxylation is 1. The number of carbonyl (C=O) groups excluding carboxylic acids is 1. The van der Waals surface area contributed by atoms with Crippen molar-refractivity contribution < 1.29 is 4.79 Å². The van der Waals surface area contributed by atoms with E-state index in [1.165, 1.54) is 5.56 Å². The predicted octanol–water partition coefficient (Wildman–Crippen LogP) is 2.40. The zero-order valence-electron chi connectivity index (χ0n) is 11.2. The van der Waals surface area contributed by atoms with Crippen LogP contribution in [0.15, 0.2) is 24.3 Å². The Morgan fingerprint density at radius 1 is 1.33 bits per heavy atom. The molecule has 1 amide bonds. The Bertz CT molecular complexity index is 413. The molecule has 1 aliphatic rings. The van der Waals surface area contributed by atoms with E-state index in [0.29, 0.717) is 6.42 Å². The Morgan fingerprint density at radius 3 is 2.61 bits per heavy atom. The van der Waals surface area contributed by atoms with Crippen LogP contribution in [0.25, 0.3) is 0 Å². The molecule has 0 aromatic heterocycles. The second kappa shape index (κ2) is 5.53. The standard InChI is InChI=1S/C15H22N2O/c1-3-4-9-17-14(18)10-13(16)15(17)12-7-5-11(2)6-8-12/h5-8,13,15H,3-4,9-10,16H2,1-2H3.